The molecule has 2 atom stereocenters. The van der Waals surface area contributed by atoms with Gasteiger partial charge in [-0.3, -0.25) is 0 Å². The number of rotatable bonds is 19. The predicted octanol–water partition coefficient (Wildman–Crippen LogP) is 6.90. The van der Waals surface area contributed by atoms with Crippen molar-refractivity contribution in [2.45, 2.75) is 142 Å². The molecule has 29 heavy (non-hydrogen) atoms. The second kappa shape index (κ2) is 16.9. The van der Waals surface area contributed by atoms with Crippen LogP contribution >= 0.6 is 0 Å². The van der Waals surface area contributed by atoms with E-state index in [0.717, 1.165) is 30.1 Å². The third-order valence-electron chi connectivity index (χ3n) is 6.15. The number of aromatic nitrogens is 2. The highest BCUT2D eigenvalue weighted by Crippen LogP contribution is 2.20. The second-order valence-electron chi connectivity index (χ2n) is 8.91. The molecule has 2 unspecified atom stereocenters. The van der Waals surface area contributed by atoms with Crippen LogP contribution in [0.3, 0.4) is 0 Å². The van der Waals surface area contributed by atoms with E-state index >= 15 is 0 Å². The first kappa shape index (κ1) is 26.2. The molecule has 0 bridgehead atoms. The number of aryl methyl sites for hydroxylation is 2. The zero-order valence-electron chi connectivity index (χ0n) is 19.6. The molecule has 0 fully saturated rings. The number of aliphatic hydroxyl groups excluding tert-OH is 1. The van der Waals surface area contributed by atoms with Crippen LogP contribution in [0.2, 0.25) is 0 Å². The topological polar surface area (TPSA) is 74.9 Å². The Balaban J connectivity index is 1.96. The third-order valence-corrected chi connectivity index (χ3v) is 6.15. The van der Waals surface area contributed by atoms with E-state index in [4.69, 9.17) is 5.73 Å². The Labute approximate surface area is 180 Å². The molecular weight excluding hydrogens is 358 g/mol. The standard InChI is InChI=1S/C25H49N3O/c1-4-6-7-8-9-10-11-12-13-14-15-16-17-18-19-20-23-27-21(3)24(28-23)25(29)22(26)5-2/h22,25,29H,4-20,26H2,1-3H3,(H,27,28). The number of hydrogen-bond acceptors (Lipinski definition) is 3. The van der Waals surface area contributed by atoms with Gasteiger partial charge in [0.05, 0.1) is 5.69 Å². The molecule has 0 spiro atoms. The lowest BCUT2D eigenvalue weighted by molar-refractivity contribution is 0.139. The van der Waals surface area contributed by atoms with Gasteiger partial charge in [0.25, 0.3) is 0 Å². The number of nitrogens with zero attached hydrogens (tertiary/aromatic N) is 1. The number of aromatic amines is 1. The number of unbranched alkanes of at least 4 members (excludes halogenated alkanes) is 14. The summed E-state index contributed by atoms with van der Waals surface area (Å²) >= 11 is 0. The number of aliphatic hydroxyl groups is 1. The van der Waals surface area contributed by atoms with Crippen molar-refractivity contribution in [1.82, 2.24) is 9.97 Å². The van der Waals surface area contributed by atoms with E-state index in [1.54, 1.807) is 0 Å². The summed E-state index contributed by atoms with van der Waals surface area (Å²) < 4.78 is 0. The molecule has 1 rings (SSSR count). The fourth-order valence-corrected chi connectivity index (χ4v) is 4.03. The summed E-state index contributed by atoms with van der Waals surface area (Å²) in [4.78, 5) is 7.92. The molecule has 4 N–H and O–H groups in total. The molecule has 0 aliphatic carbocycles. The van der Waals surface area contributed by atoms with Gasteiger partial charge in [-0.2, -0.15) is 0 Å². The van der Waals surface area contributed by atoms with Gasteiger partial charge in [-0.05, 0) is 19.8 Å². The molecule has 0 saturated carbocycles. The van der Waals surface area contributed by atoms with Crippen LogP contribution in [0.4, 0.5) is 0 Å². The highest BCUT2D eigenvalue weighted by molar-refractivity contribution is 5.17. The van der Waals surface area contributed by atoms with Crippen LogP contribution < -0.4 is 5.73 Å². The Morgan fingerprint density at radius 2 is 1.24 bits per heavy atom. The molecule has 4 heteroatoms. The van der Waals surface area contributed by atoms with Gasteiger partial charge in [0, 0.05) is 18.2 Å². The minimum Gasteiger partial charge on any atom is -0.385 e. The SMILES string of the molecule is CCCCCCCCCCCCCCCCCc1nc(C(O)C(N)CC)c(C)[nH]1. The first-order valence-corrected chi connectivity index (χ1v) is 12.6. The van der Waals surface area contributed by atoms with Crippen molar-refractivity contribution < 1.29 is 5.11 Å². The normalized spacial score (nSPS) is 13.7. The van der Waals surface area contributed by atoms with E-state index in [1.165, 1.54) is 96.3 Å². The van der Waals surface area contributed by atoms with E-state index in [2.05, 4.69) is 16.9 Å². The van der Waals surface area contributed by atoms with Crippen LogP contribution in [0.5, 0.6) is 0 Å². The summed E-state index contributed by atoms with van der Waals surface area (Å²) in [6, 6.07) is -0.240. The molecule has 0 aromatic carbocycles. The van der Waals surface area contributed by atoms with E-state index in [9.17, 15) is 5.11 Å². The fraction of sp³-hybridized carbons (Fsp3) is 0.880. The van der Waals surface area contributed by atoms with Crippen LogP contribution in [-0.2, 0) is 6.42 Å². The first-order valence-electron chi connectivity index (χ1n) is 12.6. The summed E-state index contributed by atoms with van der Waals surface area (Å²) in [6.07, 6.45) is 21.8. The van der Waals surface area contributed by atoms with Gasteiger partial charge in [-0.1, -0.05) is 104 Å². The van der Waals surface area contributed by atoms with Crippen LogP contribution in [0.15, 0.2) is 0 Å². The lowest BCUT2D eigenvalue weighted by atomic mass is 10.0. The lowest BCUT2D eigenvalue weighted by Crippen LogP contribution is -2.28. The van der Waals surface area contributed by atoms with Crippen LogP contribution in [0.1, 0.15) is 140 Å². The minimum absolute atomic E-state index is 0.240. The van der Waals surface area contributed by atoms with Gasteiger partial charge in [0.1, 0.15) is 11.9 Å². The number of H-pyrrole nitrogens is 1. The molecule has 0 saturated heterocycles. The first-order chi connectivity index (χ1) is 14.1. The van der Waals surface area contributed by atoms with E-state index in [0.29, 0.717) is 0 Å². The van der Waals surface area contributed by atoms with Crippen molar-refractivity contribution in [2.24, 2.45) is 5.73 Å². The van der Waals surface area contributed by atoms with Crippen molar-refractivity contribution in [3.63, 3.8) is 0 Å². The third kappa shape index (κ3) is 11.8. The van der Waals surface area contributed by atoms with Crippen molar-refractivity contribution >= 4 is 0 Å². The Hall–Kier alpha value is -0.870. The second-order valence-corrected chi connectivity index (χ2v) is 8.91. The Morgan fingerprint density at radius 3 is 1.69 bits per heavy atom. The fourth-order valence-electron chi connectivity index (χ4n) is 4.03. The van der Waals surface area contributed by atoms with Crippen LogP contribution in [0.25, 0.3) is 0 Å². The zero-order valence-corrected chi connectivity index (χ0v) is 19.6. The number of nitrogens with two attached hydrogens (primary N) is 1. The molecule has 1 aromatic rings. The van der Waals surface area contributed by atoms with Gasteiger partial charge in [-0.15, -0.1) is 0 Å². The number of hydrogen-bond donors (Lipinski definition) is 3. The number of imidazole rings is 1. The van der Waals surface area contributed by atoms with Crippen molar-refractivity contribution in [3.05, 3.63) is 17.2 Å². The van der Waals surface area contributed by atoms with Gasteiger partial charge >= 0.3 is 0 Å². The van der Waals surface area contributed by atoms with Crippen molar-refractivity contribution in [3.8, 4) is 0 Å². The molecule has 0 radical (unpaired) electrons. The molecule has 0 amide bonds. The largest absolute Gasteiger partial charge is 0.385 e. The lowest BCUT2D eigenvalue weighted by Gasteiger charge is -2.15. The average Bonchev–Trinajstić information content (AvgIpc) is 3.10. The predicted molar refractivity (Wildman–Crippen MR) is 125 cm³/mol. The summed E-state index contributed by atoms with van der Waals surface area (Å²) in [7, 11) is 0. The number of nitrogens with one attached hydrogen (secondary N) is 1. The molecular formula is C25H49N3O. The molecule has 0 aliphatic rings. The monoisotopic (exact) mass is 407 g/mol. The minimum atomic E-state index is -0.661. The summed E-state index contributed by atoms with van der Waals surface area (Å²) in [5.41, 5.74) is 7.65. The summed E-state index contributed by atoms with van der Waals surface area (Å²) in [6.45, 7) is 6.25. The Bertz CT molecular complexity index is 500. The van der Waals surface area contributed by atoms with Gasteiger partial charge in [0.2, 0.25) is 0 Å². The van der Waals surface area contributed by atoms with E-state index < -0.39 is 6.10 Å². The molecule has 1 heterocycles. The molecule has 4 nitrogen and oxygen atoms in total. The van der Waals surface area contributed by atoms with Gasteiger partial charge in [0.15, 0.2) is 0 Å². The van der Waals surface area contributed by atoms with E-state index in [-0.39, 0.29) is 6.04 Å². The van der Waals surface area contributed by atoms with Crippen LogP contribution in [0, 0.1) is 6.92 Å². The summed E-state index contributed by atoms with van der Waals surface area (Å²) in [5, 5.41) is 10.3. The van der Waals surface area contributed by atoms with Crippen LogP contribution in [-0.4, -0.2) is 21.1 Å². The average molecular weight is 408 g/mol. The van der Waals surface area contributed by atoms with Gasteiger partial charge < -0.3 is 15.8 Å². The zero-order chi connectivity index (χ0) is 21.3. The Kier molecular flexibility index (Phi) is 15.2. The highest BCUT2D eigenvalue weighted by atomic mass is 16.3. The highest BCUT2D eigenvalue weighted by Gasteiger charge is 2.20. The smallest absolute Gasteiger partial charge is 0.113 e. The summed E-state index contributed by atoms with van der Waals surface area (Å²) in [5.74, 6) is 0.995. The quantitative estimate of drug-likeness (QED) is 0.218. The maximum atomic E-state index is 10.3. The molecule has 0 aliphatic heterocycles. The van der Waals surface area contributed by atoms with Crippen molar-refractivity contribution in [2.75, 3.05) is 0 Å². The molecule has 1 aromatic heterocycles. The van der Waals surface area contributed by atoms with Gasteiger partial charge in [-0.25, -0.2) is 4.98 Å². The maximum absolute atomic E-state index is 10.3. The van der Waals surface area contributed by atoms with Crippen molar-refractivity contribution in [1.29, 1.82) is 0 Å². The maximum Gasteiger partial charge on any atom is 0.113 e. The Morgan fingerprint density at radius 1 is 0.793 bits per heavy atom. The molecule has 170 valence electrons. The van der Waals surface area contributed by atoms with E-state index in [1.807, 2.05) is 13.8 Å².